The van der Waals surface area contributed by atoms with E-state index in [0.717, 1.165) is 27.8 Å². The lowest BCUT2D eigenvalue weighted by molar-refractivity contribution is -0.122. The molecule has 0 fully saturated rings. The molecule has 0 aliphatic carbocycles. The molecular weight excluding hydrogens is 342 g/mol. The first-order valence-corrected chi connectivity index (χ1v) is 9.69. The second-order valence-electron chi connectivity index (χ2n) is 6.15. The van der Waals surface area contributed by atoms with Gasteiger partial charge in [0.05, 0.1) is 13.0 Å². The van der Waals surface area contributed by atoms with E-state index < -0.39 is 0 Å². The van der Waals surface area contributed by atoms with Gasteiger partial charge >= 0.3 is 0 Å². The molecule has 0 aromatic heterocycles. The first-order chi connectivity index (χ1) is 12.7. The molecule has 1 N–H and O–H groups in total. The second-order valence-corrected chi connectivity index (χ2v) is 7.32. The van der Waals surface area contributed by atoms with E-state index in [9.17, 15) is 4.79 Å². The average Bonchev–Trinajstić information content (AvgIpc) is 2.70. The number of hydrogen-bond acceptors (Lipinski definition) is 3. The third kappa shape index (κ3) is 4.58. The van der Waals surface area contributed by atoms with Gasteiger partial charge in [-0.05, 0) is 47.5 Å². The summed E-state index contributed by atoms with van der Waals surface area (Å²) < 4.78 is 5.26. The van der Waals surface area contributed by atoms with E-state index in [1.807, 2.05) is 55.5 Å². The van der Waals surface area contributed by atoms with Gasteiger partial charge in [0.1, 0.15) is 5.75 Å². The fourth-order valence-corrected chi connectivity index (χ4v) is 3.59. The Kier molecular flexibility index (Phi) is 6.18. The van der Waals surface area contributed by atoms with Gasteiger partial charge in [-0.1, -0.05) is 42.5 Å². The quantitative estimate of drug-likeness (QED) is 0.480. The molecule has 0 saturated heterocycles. The Morgan fingerprint density at radius 3 is 2.54 bits per heavy atom. The number of thioether (sulfide) groups is 1. The first-order valence-electron chi connectivity index (χ1n) is 8.70. The van der Waals surface area contributed by atoms with Gasteiger partial charge in [-0.2, -0.15) is 0 Å². The summed E-state index contributed by atoms with van der Waals surface area (Å²) in [7, 11) is 1.66. The van der Waals surface area contributed by atoms with Crippen LogP contribution in [0.15, 0.2) is 71.6 Å². The SMILES string of the molecule is COc1ccc2cc([C@H](C)C(=O)NCCSc3ccccc3)ccc2c1. The Morgan fingerprint density at radius 1 is 1.04 bits per heavy atom. The minimum Gasteiger partial charge on any atom is -0.497 e. The Bertz CT molecular complexity index is 880. The third-order valence-corrected chi connectivity index (χ3v) is 5.39. The summed E-state index contributed by atoms with van der Waals surface area (Å²) in [5, 5.41) is 5.26. The Labute approximate surface area is 158 Å². The monoisotopic (exact) mass is 365 g/mol. The lowest BCUT2D eigenvalue weighted by Gasteiger charge is -2.13. The number of nitrogens with one attached hydrogen (secondary N) is 1. The molecule has 134 valence electrons. The van der Waals surface area contributed by atoms with E-state index in [2.05, 4.69) is 23.5 Å². The number of hydrogen-bond donors (Lipinski definition) is 1. The summed E-state index contributed by atoms with van der Waals surface area (Å²) >= 11 is 1.75. The molecule has 0 saturated carbocycles. The number of carbonyl (C=O) groups excluding carboxylic acids is 1. The summed E-state index contributed by atoms with van der Waals surface area (Å²) in [6.07, 6.45) is 0. The van der Waals surface area contributed by atoms with Crippen LogP contribution in [0.5, 0.6) is 5.75 Å². The second kappa shape index (κ2) is 8.77. The van der Waals surface area contributed by atoms with Crippen LogP contribution in [0, 0.1) is 0 Å². The lowest BCUT2D eigenvalue weighted by atomic mass is 9.97. The fraction of sp³-hybridized carbons (Fsp3) is 0.227. The summed E-state index contributed by atoms with van der Waals surface area (Å²) in [4.78, 5) is 13.7. The van der Waals surface area contributed by atoms with E-state index in [4.69, 9.17) is 4.74 Å². The zero-order chi connectivity index (χ0) is 18.4. The van der Waals surface area contributed by atoms with Crippen LogP contribution < -0.4 is 10.1 Å². The van der Waals surface area contributed by atoms with Crippen LogP contribution in [0.1, 0.15) is 18.4 Å². The van der Waals surface area contributed by atoms with Gasteiger partial charge in [0.2, 0.25) is 5.91 Å². The topological polar surface area (TPSA) is 38.3 Å². The maximum Gasteiger partial charge on any atom is 0.227 e. The van der Waals surface area contributed by atoms with Crippen molar-refractivity contribution in [3.05, 3.63) is 72.3 Å². The van der Waals surface area contributed by atoms with Gasteiger partial charge < -0.3 is 10.1 Å². The molecule has 0 heterocycles. The number of amides is 1. The number of benzene rings is 3. The van der Waals surface area contributed by atoms with Crippen LogP contribution in [-0.4, -0.2) is 25.3 Å². The van der Waals surface area contributed by atoms with Gasteiger partial charge in [0.25, 0.3) is 0 Å². The molecule has 4 heteroatoms. The molecule has 3 rings (SSSR count). The smallest absolute Gasteiger partial charge is 0.227 e. The highest BCUT2D eigenvalue weighted by atomic mass is 32.2. The van der Waals surface area contributed by atoms with Crippen molar-refractivity contribution in [2.45, 2.75) is 17.7 Å². The summed E-state index contributed by atoms with van der Waals surface area (Å²) in [5.41, 5.74) is 1.02. The lowest BCUT2D eigenvalue weighted by Crippen LogP contribution is -2.29. The molecule has 3 nitrogen and oxygen atoms in total. The zero-order valence-electron chi connectivity index (χ0n) is 15.1. The Morgan fingerprint density at radius 2 is 1.77 bits per heavy atom. The van der Waals surface area contributed by atoms with Crippen molar-refractivity contribution >= 4 is 28.4 Å². The normalized spacial score (nSPS) is 11.9. The molecular formula is C22H23NO2S. The molecule has 3 aromatic rings. The number of methoxy groups -OCH3 is 1. The van der Waals surface area contributed by atoms with E-state index in [-0.39, 0.29) is 11.8 Å². The predicted octanol–water partition coefficient (Wildman–Crippen LogP) is 4.86. The maximum absolute atomic E-state index is 12.5. The molecule has 0 unspecified atom stereocenters. The van der Waals surface area contributed by atoms with Crippen molar-refractivity contribution < 1.29 is 9.53 Å². The zero-order valence-corrected chi connectivity index (χ0v) is 15.9. The summed E-state index contributed by atoms with van der Waals surface area (Å²) in [6, 6.07) is 22.3. The molecule has 0 aliphatic rings. The summed E-state index contributed by atoms with van der Waals surface area (Å²) in [5.74, 6) is 1.58. The molecule has 0 aliphatic heterocycles. The molecule has 0 bridgehead atoms. The van der Waals surface area contributed by atoms with Gasteiger partial charge in [-0.25, -0.2) is 0 Å². The van der Waals surface area contributed by atoms with Crippen LogP contribution in [0.2, 0.25) is 0 Å². The third-order valence-electron chi connectivity index (χ3n) is 4.38. The van der Waals surface area contributed by atoms with E-state index in [0.29, 0.717) is 6.54 Å². The first kappa shape index (κ1) is 18.3. The highest BCUT2D eigenvalue weighted by Gasteiger charge is 2.15. The average molecular weight is 365 g/mol. The van der Waals surface area contributed by atoms with Crippen LogP contribution >= 0.6 is 11.8 Å². The van der Waals surface area contributed by atoms with Crippen molar-refractivity contribution in [3.8, 4) is 5.75 Å². The number of carbonyl (C=O) groups is 1. The molecule has 1 atom stereocenters. The molecule has 3 aromatic carbocycles. The standard InChI is InChI=1S/C22H23NO2S/c1-16(22(24)23-12-13-26-21-6-4-3-5-7-21)17-8-9-19-15-20(25-2)11-10-18(19)14-17/h3-11,14-16H,12-13H2,1-2H3,(H,23,24)/t16-/m0/s1. The van der Waals surface area contributed by atoms with Crippen LogP contribution in [0.25, 0.3) is 10.8 Å². The molecule has 26 heavy (non-hydrogen) atoms. The largest absolute Gasteiger partial charge is 0.497 e. The van der Waals surface area contributed by atoms with E-state index in [1.165, 1.54) is 4.90 Å². The minimum atomic E-state index is -0.178. The number of fused-ring (bicyclic) bond motifs is 1. The van der Waals surface area contributed by atoms with Crippen molar-refractivity contribution in [1.29, 1.82) is 0 Å². The van der Waals surface area contributed by atoms with Crippen LogP contribution in [0.4, 0.5) is 0 Å². The van der Waals surface area contributed by atoms with Crippen LogP contribution in [0.3, 0.4) is 0 Å². The maximum atomic E-state index is 12.5. The van der Waals surface area contributed by atoms with Gasteiger partial charge in [-0.3, -0.25) is 4.79 Å². The highest BCUT2D eigenvalue weighted by molar-refractivity contribution is 7.99. The van der Waals surface area contributed by atoms with Gasteiger partial charge in [0.15, 0.2) is 0 Å². The Hall–Kier alpha value is -2.46. The Balaban J connectivity index is 1.56. The van der Waals surface area contributed by atoms with E-state index in [1.54, 1.807) is 18.9 Å². The molecule has 0 spiro atoms. The van der Waals surface area contributed by atoms with Crippen molar-refractivity contribution in [1.82, 2.24) is 5.32 Å². The van der Waals surface area contributed by atoms with E-state index >= 15 is 0 Å². The fourth-order valence-electron chi connectivity index (χ4n) is 2.80. The van der Waals surface area contributed by atoms with Crippen LogP contribution in [-0.2, 0) is 4.79 Å². The number of rotatable bonds is 7. The van der Waals surface area contributed by atoms with Crippen molar-refractivity contribution in [3.63, 3.8) is 0 Å². The van der Waals surface area contributed by atoms with Gasteiger partial charge in [-0.15, -0.1) is 11.8 Å². The predicted molar refractivity (Wildman–Crippen MR) is 109 cm³/mol. The highest BCUT2D eigenvalue weighted by Crippen LogP contribution is 2.25. The minimum absolute atomic E-state index is 0.0616. The van der Waals surface area contributed by atoms with Gasteiger partial charge in [0, 0.05) is 17.2 Å². The van der Waals surface area contributed by atoms with Crippen molar-refractivity contribution in [2.24, 2.45) is 0 Å². The molecule has 0 radical (unpaired) electrons. The molecule has 1 amide bonds. The van der Waals surface area contributed by atoms with Crippen molar-refractivity contribution in [2.75, 3.05) is 19.4 Å². The summed E-state index contributed by atoms with van der Waals surface area (Å²) in [6.45, 7) is 2.61. The number of ether oxygens (including phenoxy) is 1.